The van der Waals surface area contributed by atoms with Crippen molar-refractivity contribution in [2.45, 2.75) is 26.2 Å². The van der Waals surface area contributed by atoms with Crippen molar-refractivity contribution in [3.05, 3.63) is 42.0 Å². The van der Waals surface area contributed by atoms with Crippen LogP contribution < -0.4 is 0 Å². The summed E-state index contributed by atoms with van der Waals surface area (Å²) in [5.74, 6) is -0.151. The Bertz CT molecular complexity index is 465. The van der Waals surface area contributed by atoms with Gasteiger partial charge in [-0.3, -0.25) is 4.98 Å². The highest BCUT2D eigenvalue weighted by molar-refractivity contribution is 5.82. The van der Waals surface area contributed by atoms with Gasteiger partial charge in [-0.1, -0.05) is 37.6 Å². The van der Waals surface area contributed by atoms with Crippen molar-refractivity contribution < 1.29 is 4.39 Å². The van der Waals surface area contributed by atoms with Gasteiger partial charge in [0.25, 0.3) is 0 Å². The molecule has 0 aliphatic rings. The Kier molecular flexibility index (Phi) is 2.95. The number of aromatic nitrogens is 1. The number of nitrogens with zero attached hydrogens (tertiary/aromatic N) is 1. The Labute approximate surface area is 89.0 Å². The van der Waals surface area contributed by atoms with Gasteiger partial charge in [-0.05, 0) is 12.8 Å². The summed E-state index contributed by atoms with van der Waals surface area (Å²) in [7, 11) is 0. The molecule has 0 aliphatic carbocycles. The van der Waals surface area contributed by atoms with Gasteiger partial charge in [0.2, 0.25) is 0 Å². The number of aryl methyl sites for hydroxylation is 1. The van der Waals surface area contributed by atoms with Crippen LogP contribution in [0.3, 0.4) is 0 Å². The maximum atomic E-state index is 13.9. The van der Waals surface area contributed by atoms with Crippen LogP contribution in [-0.4, -0.2) is 4.98 Å². The van der Waals surface area contributed by atoms with E-state index in [-0.39, 0.29) is 5.82 Å². The first-order valence-electron chi connectivity index (χ1n) is 5.35. The Hall–Kier alpha value is -1.44. The molecule has 2 aromatic rings. The fourth-order valence-electron chi connectivity index (χ4n) is 1.69. The van der Waals surface area contributed by atoms with Gasteiger partial charge in [0.15, 0.2) is 5.82 Å². The molecule has 1 nitrogen and oxygen atoms in total. The highest BCUT2D eigenvalue weighted by atomic mass is 19.1. The fourth-order valence-corrected chi connectivity index (χ4v) is 1.69. The van der Waals surface area contributed by atoms with Crippen molar-refractivity contribution in [2.24, 2.45) is 0 Å². The molecule has 78 valence electrons. The topological polar surface area (TPSA) is 12.9 Å². The first kappa shape index (κ1) is 10.1. The molecule has 1 heterocycles. The molecule has 0 aliphatic heterocycles. The molecule has 15 heavy (non-hydrogen) atoms. The van der Waals surface area contributed by atoms with E-state index in [0.717, 1.165) is 24.6 Å². The number of hydrogen-bond donors (Lipinski definition) is 0. The number of hydrogen-bond acceptors (Lipinski definition) is 1. The smallest absolute Gasteiger partial charge is 0.152 e. The second kappa shape index (κ2) is 4.39. The van der Waals surface area contributed by atoms with Crippen LogP contribution in [0.4, 0.5) is 4.39 Å². The van der Waals surface area contributed by atoms with Gasteiger partial charge in [0.05, 0.1) is 5.69 Å². The zero-order chi connectivity index (χ0) is 10.7. The van der Waals surface area contributed by atoms with Gasteiger partial charge in [-0.15, -0.1) is 0 Å². The van der Waals surface area contributed by atoms with E-state index in [2.05, 4.69) is 11.9 Å². The van der Waals surface area contributed by atoms with Crippen LogP contribution in [0.2, 0.25) is 0 Å². The molecular weight excluding hydrogens is 189 g/mol. The van der Waals surface area contributed by atoms with Crippen molar-refractivity contribution in [1.29, 1.82) is 0 Å². The van der Waals surface area contributed by atoms with E-state index < -0.39 is 0 Å². The summed E-state index contributed by atoms with van der Waals surface area (Å²) in [6, 6.07) is 7.45. The van der Waals surface area contributed by atoms with E-state index in [9.17, 15) is 4.39 Å². The predicted molar refractivity (Wildman–Crippen MR) is 60.3 cm³/mol. The molecule has 2 rings (SSSR count). The lowest BCUT2D eigenvalue weighted by Gasteiger charge is -2.04. The lowest BCUT2D eigenvalue weighted by Crippen LogP contribution is -1.96. The summed E-state index contributed by atoms with van der Waals surface area (Å²) in [5, 5.41) is 1.55. The first-order chi connectivity index (χ1) is 7.33. The molecule has 1 aromatic heterocycles. The van der Waals surface area contributed by atoms with Gasteiger partial charge in [-0.25, -0.2) is 4.39 Å². The van der Waals surface area contributed by atoms with Crippen molar-refractivity contribution >= 4 is 10.8 Å². The zero-order valence-corrected chi connectivity index (χ0v) is 8.83. The number of pyridine rings is 1. The molecule has 0 fully saturated rings. The van der Waals surface area contributed by atoms with Gasteiger partial charge in [0.1, 0.15) is 0 Å². The summed E-state index contributed by atoms with van der Waals surface area (Å²) < 4.78 is 13.9. The van der Waals surface area contributed by atoms with Gasteiger partial charge in [-0.2, -0.15) is 0 Å². The molecule has 0 saturated carbocycles. The molecular formula is C13H14FN. The third-order valence-corrected chi connectivity index (χ3v) is 2.58. The third-order valence-electron chi connectivity index (χ3n) is 2.58. The Morgan fingerprint density at radius 2 is 2.07 bits per heavy atom. The Morgan fingerprint density at radius 3 is 2.87 bits per heavy atom. The van der Waals surface area contributed by atoms with Crippen molar-refractivity contribution in [1.82, 2.24) is 4.98 Å². The molecule has 0 atom stereocenters. The standard InChI is InChI=1S/C13H14FN/c1-2-3-8-12-13(14)11-7-5-4-6-10(11)9-15-12/h4-7,9H,2-3,8H2,1H3. The average molecular weight is 203 g/mol. The van der Waals surface area contributed by atoms with Crippen molar-refractivity contribution in [2.75, 3.05) is 0 Å². The molecule has 0 amide bonds. The molecule has 0 spiro atoms. The summed E-state index contributed by atoms with van der Waals surface area (Å²) >= 11 is 0. The largest absolute Gasteiger partial charge is 0.258 e. The quantitative estimate of drug-likeness (QED) is 0.741. The van der Waals surface area contributed by atoms with Crippen LogP contribution >= 0.6 is 0 Å². The highest BCUT2D eigenvalue weighted by Gasteiger charge is 2.07. The summed E-state index contributed by atoms with van der Waals surface area (Å²) in [6.45, 7) is 2.10. The Morgan fingerprint density at radius 1 is 1.27 bits per heavy atom. The van der Waals surface area contributed by atoms with Crippen LogP contribution in [0.5, 0.6) is 0 Å². The molecule has 0 N–H and O–H groups in total. The van der Waals surface area contributed by atoms with Crippen molar-refractivity contribution in [3.63, 3.8) is 0 Å². The second-order valence-corrected chi connectivity index (χ2v) is 3.71. The second-order valence-electron chi connectivity index (χ2n) is 3.71. The maximum absolute atomic E-state index is 13.9. The number of rotatable bonds is 3. The first-order valence-corrected chi connectivity index (χ1v) is 5.35. The zero-order valence-electron chi connectivity index (χ0n) is 8.83. The normalized spacial score (nSPS) is 10.8. The molecule has 0 unspecified atom stereocenters. The molecule has 2 heteroatoms. The monoisotopic (exact) mass is 203 g/mol. The summed E-state index contributed by atoms with van der Waals surface area (Å²) in [5.41, 5.74) is 0.593. The molecule has 0 saturated heterocycles. The maximum Gasteiger partial charge on any atom is 0.152 e. The minimum Gasteiger partial charge on any atom is -0.258 e. The lowest BCUT2D eigenvalue weighted by atomic mass is 10.1. The highest BCUT2D eigenvalue weighted by Crippen LogP contribution is 2.19. The van der Waals surface area contributed by atoms with Gasteiger partial charge >= 0.3 is 0 Å². The molecule has 0 bridgehead atoms. The molecule has 1 aromatic carbocycles. The van der Waals surface area contributed by atoms with Gasteiger partial charge in [0, 0.05) is 17.0 Å². The van der Waals surface area contributed by atoms with E-state index in [1.807, 2.05) is 24.3 Å². The summed E-state index contributed by atoms with van der Waals surface area (Å²) in [6.07, 6.45) is 4.53. The van der Waals surface area contributed by atoms with Crippen molar-refractivity contribution in [3.8, 4) is 0 Å². The number of unbranched alkanes of at least 4 members (excludes halogenated alkanes) is 1. The van der Waals surface area contributed by atoms with Crippen LogP contribution in [0, 0.1) is 5.82 Å². The van der Waals surface area contributed by atoms with Crippen LogP contribution in [0.15, 0.2) is 30.5 Å². The van der Waals surface area contributed by atoms with E-state index in [1.54, 1.807) is 6.20 Å². The van der Waals surface area contributed by atoms with E-state index in [4.69, 9.17) is 0 Å². The van der Waals surface area contributed by atoms with E-state index in [0.29, 0.717) is 11.1 Å². The van der Waals surface area contributed by atoms with E-state index >= 15 is 0 Å². The number of halogens is 1. The van der Waals surface area contributed by atoms with E-state index in [1.165, 1.54) is 0 Å². The predicted octanol–water partition coefficient (Wildman–Crippen LogP) is 3.72. The van der Waals surface area contributed by atoms with Gasteiger partial charge < -0.3 is 0 Å². The summed E-state index contributed by atoms with van der Waals surface area (Å²) in [4.78, 5) is 4.17. The SMILES string of the molecule is CCCCc1ncc2ccccc2c1F. The van der Waals surface area contributed by atoms with Crippen LogP contribution in [0.1, 0.15) is 25.5 Å². The third kappa shape index (κ3) is 1.99. The van der Waals surface area contributed by atoms with Crippen LogP contribution in [-0.2, 0) is 6.42 Å². The lowest BCUT2D eigenvalue weighted by molar-refractivity contribution is 0.603. The minimum absolute atomic E-state index is 0.151. The minimum atomic E-state index is -0.151. The average Bonchev–Trinajstić information content (AvgIpc) is 2.29. The Balaban J connectivity index is 2.45. The molecule has 0 radical (unpaired) electrons. The fraction of sp³-hybridized carbons (Fsp3) is 0.308. The number of benzene rings is 1. The number of fused-ring (bicyclic) bond motifs is 1. The van der Waals surface area contributed by atoms with Crippen LogP contribution in [0.25, 0.3) is 10.8 Å².